The summed E-state index contributed by atoms with van der Waals surface area (Å²) in [6.07, 6.45) is 3.42. The smallest absolute Gasteiger partial charge is 0.252 e. The number of H-pyrrole nitrogens is 1. The molecular weight excluding hydrogens is 354 g/mol. The van der Waals surface area contributed by atoms with E-state index in [1.54, 1.807) is 19.5 Å². The molecule has 0 atom stereocenters. The van der Waals surface area contributed by atoms with E-state index >= 15 is 0 Å². The molecule has 28 heavy (non-hydrogen) atoms. The SMILES string of the molecule is COCc1cc(CNC(=O)c2cc(-c3ccncc3)nc3ccccc23)[nH]n1. The molecule has 7 heteroatoms. The fourth-order valence-electron chi connectivity index (χ4n) is 3.03. The molecule has 0 aliphatic heterocycles. The first kappa shape index (κ1) is 17.8. The first-order valence-electron chi connectivity index (χ1n) is 8.85. The fraction of sp³-hybridized carbons (Fsp3) is 0.143. The second-order valence-corrected chi connectivity index (χ2v) is 6.31. The topological polar surface area (TPSA) is 92.8 Å². The normalized spacial score (nSPS) is 10.9. The number of aromatic amines is 1. The van der Waals surface area contributed by atoms with Crippen LogP contribution in [0.25, 0.3) is 22.2 Å². The van der Waals surface area contributed by atoms with Crippen LogP contribution in [0.15, 0.2) is 60.9 Å². The number of carbonyl (C=O) groups excluding carboxylic acids is 1. The van der Waals surface area contributed by atoms with Gasteiger partial charge in [0.25, 0.3) is 5.91 Å². The maximum Gasteiger partial charge on any atom is 0.252 e. The Labute approximate surface area is 161 Å². The van der Waals surface area contributed by atoms with Gasteiger partial charge in [0.05, 0.1) is 41.3 Å². The molecule has 7 nitrogen and oxygen atoms in total. The number of aromatic nitrogens is 4. The summed E-state index contributed by atoms with van der Waals surface area (Å²) in [5.74, 6) is -0.170. The number of rotatable bonds is 6. The van der Waals surface area contributed by atoms with Gasteiger partial charge in [-0.3, -0.25) is 14.9 Å². The molecule has 140 valence electrons. The van der Waals surface area contributed by atoms with Gasteiger partial charge in [-0.05, 0) is 30.3 Å². The number of hydrogen-bond donors (Lipinski definition) is 2. The molecule has 3 heterocycles. The highest BCUT2D eigenvalue weighted by Gasteiger charge is 2.14. The number of pyridine rings is 2. The lowest BCUT2D eigenvalue weighted by atomic mass is 10.0. The minimum atomic E-state index is -0.170. The highest BCUT2D eigenvalue weighted by molar-refractivity contribution is 6.07. The van der Waals surface area contributed by atoms with Gasteiger partial charge in [0, 0.05) is 30.5 Å². The Hall–Kier alpha value is -3.58. The number of amides is 1. The summed E-state index contributed by atoms with van der Waals surface area (Å²) in [5, 5.41) is 10.8. The molecule has 1 amide bonds. The maximum atomic E-state index is 12.9. The lowest BCUT2D eigenvalue weighted by Gasteiger charge is -2.10. The predicted octanol–water partition coefficient (Wildman–Crippen LogP) is 3.10. The van der Waals surface area contributed by atoms with E-state index in [2.05, 4.69) is 20.5 Å². The van der Waals surface area contributed by atoms with Crippen molar-refractivity contribution in [3.63, 3.8) is 0 Å². The quantitative estimate of drug-likeness (QED) is 0.542. The zero-order chi connectivity index (χ0) is 19.3. The Morgan fingerprint density at radius 3 is 2.79 bits per heavy atom. The number of hydrogen-bond acceptors (Lipinski definition) is 5. The van der Waals surface area contributed by atoms with Crippen molar-refractivity contribution in [2.45, 2.75) is 13.2 Å². The van der Waals surface area contributed by atoms with Gasteiger partial charge in [-0.1, -0.05) is 18.2 Å². The van der Waals surface area contributed by atoms with Crippen LogP contribution < -0.4 is 5.32 Å². The summed E-state index contributed by atoms with van der Waals surface area (Å²) in [7, 11) is 1.62. The van der Waals surface area contributed by atoms with Gasteiger partial charge in [-0.2, -0.15) is 5.10 Å². The van der Waals surface area contributed by atoms with E-state index in [0.29, 0.717) is 18.7 Å². The second kappa shape index (κ2) is 7.98. The van der Waals surface area contributed by atoms with Crippen molar-refractivity contribution < 1.29 is 9.53 Å². The molecule has 0 saturated heterocycles. The Morgan fingerprint density at radius 2 is 1.96 bits per heavy atom. The first-order chi connectivity index (χ1) is 13.7. The van der Waals surface area contributed by atoms with Crippen LogP contribution in [0.1, 0.15) is 21.7 Å². The third-order valence-electron chi connectivity index (χ3n) is 4.35. The van der Waals surface area contributed by atoms with Gasteiger partial charge in [0.2, 0.25) is 0 Å². The minimum Gasteiger partial charge on any atom is -0.378 e. The van der Waals surface area contributed by atoms with Gasteiger partial charge < -0.3 is 10.1 Å². The number of benzene rings is 1. The van der Waals surface area contributed by atoms with Crippen LogP contribution in [-0.2, 0) is 17.9 Å². The van der Waals surface area contributed by atoms with Gasteiger partial charge in [0.15, 0.2) is 0 Å². The molecule has 0 radical (unpaired) electrons. The van der Waals surface area contributed by atoms with Crippen LogP contribution in [0, 0.1) is 0 Å². The Balaban J connectivity index is 1.63. The second-order valence-electron chi connectivity index (χ2n) is 6.31. The van der Waals surface area contributed by atoms with E-state index in [4.69, 9.17) is 9.72 Å². The molecule has 2 N–H and O–H groups in total. The molecule has 4 aromatic rings. The maximum absolute atomic E-state index is 12.9. The van der Waals surface area contributed by atoms with E-state index in [-0.39, 0.29) is 5.91 Å². The van der Waals surface area contributed by atoms with Crippen molar-refractivity contribution in [1.29, 1.82) is 0 Å². The summed E-state index contributed by atoms with van der Waals surface area (Å²) < 4.78 is 5.06. The monoisotopic (exact) mass is 373 g/mol. The van der Waals surface area contributed by atoms with Gasteiger partial charge in [-0.25, -0.2) is 4.98 Å². The Bertz CT molecular complexity index is 1110. The van der Waals surface area contributed by atoms with Crippen LogP contribution >= 0.6 is 0 Å². The average molecular weight is 373 g/mol. The lowest BCUT2D eigenvalue weighted by molar-refractivity contribution is 0.0952. The van der Waals surface area contributed by atoms with E-state index < -0.39 is 0 Å². The van der Waals surface area contributed by atoms with Gasteiger partial charge in [-0.15, -0.1) is 0 Å². The van der Waals surface area contributed by atoms with Crippen molar-refractivity contribution in [1.82, 2.24) is 25.5 Å². The van der Waals surface area contributed by atoms with Crippen molar-refractivity contribution in [3.8, 4) is 11.3 Å². The van der Waals surface area contributed by atoms with Crippen LogP contribution in [0.3, 0.4) is 0 Å². The summed E-state index contributed by atoms with van der Waals surface area (Å²) in [6, 6.07) is 15.1. The number of ether oxygens (including phenoxy) is 1. The van der Waals surface area contributed by atoms with E-state index in [1.807, 2.05) is 48.5 Å². The molecule has 0 bridgehead atoms. The summed E-state index contributed by atoms with van der Waals surface area (Å²) in [6.45, 7) is 0.769. The Kier molecular flexibility index (Phi) is 5.07. The third kappa shape index (κ3) is 3.74. The summed E-state index contributed by atoms with van der Waals surface area (Å²) in [5.41, 5.74) is 4.59. The molecule has 0 spiro atoms. The van der Waals surface area contributed by atoms with Crippen LogP contribution in [-0.4, -0.2) is 33.2 Å². The molecule has 1 aromatic carbocycles. The van der Waals surface area contributed by atoms with Crippen molar-refractivity contribution >= 4 is 16.8 Å². The molecular formula is C21H19N5O2. The molecule has 3 aromatic heterocycles. The summed E-state index contributed by atoms with van der Waals surface area (Å²) in [4.78, 5) is 21.7. The molecule has 0 saturated carbocycles. The number of para-hydroxylation sites is 1. The van der Waals surface area contributed by atoms with Crippen molar-refractivity contribution in [3.05, 3.63) is 77.9 Å². The van der Waals surface area contributed by atoms with Crippen LogP contribution in [0.4, 0.5) is 0 Å². The van der Waals surface area contributed by atoms with E-state index in [9.17, 15) is 4.79 Å². The first-order valence-corrected chi connectivity index (χ1v) is 8.85. The van der Waals surface area contributed by atoms with Crippen LogP contribution in [0.5, 0.6) is 0 Å². The molecule has 0 unspecified atom stereocenters. The number of carbonyl (C=O) groups is 1. The van der Waals surface area contributed by atoms with E-state index in [0.717, 1.165) is 33.5 Å². The molecule has 0 aliphatic rings. The van der Waals surface area contributed by atoms with Crippen molar-refractivity contribution in [2.75, 3.05) is 7.11 Å². The summed E-state index contributed by atoms with van der Waals surface area (Å²) >= 11 is 0. The number of fused-ring (bicyclic) bond motifs is 1. The standard InChI is InChI=1S/C21H19N5O2/c1-28-13-16-10-15(25-26-16)12-23-21(27)18-11-20(14-6-8-22-9-7-14)24-19-5-3-2-4-17(18)19/h2-11H,12-13H2,1H3,(H,23,27)(H,25,26). The van der Waals surface area contributed by atoms with Gasteiger partial charge >= 0.3 is 0 Å². The van der Waals surface area contributed by atoms with Gasteiger partial charge in [0.1, 0.15) is 0 Å². The highest BCUT2D eigenvalue weighted by atomic mass is 16.5. The number of nitrogens with zero attached hydrogens (tertiary/aromatic N) is 3. The number of nitrogens with one attached hydrogen (secondary N) is 2. The third-order valence-corrected chi connectivity index (χ3v) is 4.35. The largest absolute Gasteiger partial charge is 0.378 e. The van der Waals surface area contributed by atoms with Crippen LogP contribution in [0.2, 0.25) is 0 Å². The minimum absolute atomic E-state index is 0.170. The van der Waals surface area contributed by atoms with E-state index in [1.165, 1.54) is 0 Å². The zero-order valence-electron chi connectivity index (χ0n) is 15.3. The number of methoxy groups -OCH3 is 1. The zero-order valence-corrected chi connectivity index (χ0v) is 15.3. The molecule has 0 fully saturated rings. The predicted molar refractivity (Wildman–Crippen MR) is 105 cm³/mol. The van der Waals surface area contributed by atoms with Crippen molar-refractivity contribution in [2.24, 2.45) is 0 Å². The molecule has 0 aliphatic carbocycles. The highest BCUT2D eigenvalue weighted by Crippen LogP contribution is 2.24. The Morgan fingerprint density at radius 1 is 1.14 bits per heavy atom. The fourth-order valence-corrected chi connectivity index (χ4v) is 3.03. The average Bonchev–Trinajstić information content (AvgIpc) is 3.19. The lowest BCUT2D eigenvalue weighted by Crippen LogP contribution is -2.23. The molecule has 4 rings (SSSR count).